The number of ether oxygens (including phenoxy) is 2. The summed E-state index contributed by atoms with van der Waals surface area (Å²) < 4.78 is 83.6. The predicted octanol–water partition coefficient (Wildman–Crippen LogP) is 0.757. The Kier molecular flexibility index (Phi) is 10.2. The van der Waals surface area contributed by atoms with Crippen LogP contribution < -0.4 is 38.8 Å². The molecule has 23 nitrogen and oxygen atoms in total. The lowest BCUT2D eigenvalue weighted by Gasteiger charge is -2.30. The lowest BCUT2D eigenvalue weighted by atomic mass is 10.2. The molecule has 1 aliphatic rings. The number of amides is 1. The molecule has 252 valence electrons. The predicted molar refractivity (Wildman–Crippen MR) is 158 cm³/mol. The third-order valence-corrected chi connectivity index (χ3v) is 6.37. The number of nitrogens with one attached hydrogen (secondary N) is 2. The summed E-state index contributed by atoms with van der Waals surface area (Å²) in [5, 5.41) is 31.4. The highest BCUT2D eigenvalue weighted by molar-refractivity contribution is 7.81. The number of hydrogen-bond acceptors (Lipinski definition) is 17. The summed E-state index contributed by atoms with van der Waals surface area (Å²) in [5.74, 6) is -4.36. The van der Waals surface area contributed by atoms with Crippen molar-refractivity contribution in [1.29, 1.82) is 0 Å². The van der Waals surface area contributed by atoms with Crippen LogP contribution in [0.5, 0.6) is 23.0 Å². The lowest BCUT2D eigenvalue weighted by molar-refractivity contribution is -0.385. The number of hydrogen-bond donors (Lipinski definition) is 4. The van der Waals surface area contributed by atoms with E-state index in [-0.39, 0.29) is 5.48 Å². The molecule has 0 radical (unpaired) electrons. The smallest absolute Gasteiger partial charge is 0.446 e. The molecule has 0 aliphatic carbocycles. The standard InChI is InChI=1S/C22H19N7O15S2.H2O/c1-41-17-10-15(28(31)32)19(43-45(35,36)37)8-13(17)26-24-21(22(30)23-12-6-4-3-5-7-12)25-27(26)14-9-20(44-46(38,39)40)16(29(33)34)11-18(14)42-2;/h3-11H,1-2H3,(H,23,30)(H,24,25)(H,35,36,37)(H,38,39,40);1H2. The summed E-state index contributed by atoms with van der Waals surface area (Å²) >= 11 is 0. The van der Waals surface area contributed by atoms with Gasteiger partial charge in [0.15, 0.2) is 11.5 Å². The van der Waals surface area contributed by atoms with E-state index < -0.39 is 88.1 Å². The van der Waals surface area contributed by atoms with Gasteiger partial charge in [-0.25, -0.2) is 0 Å². The van der Waals surface area contributed by atoms with E-state index in [1.54, 1.807) is 18.2 Å². The number of benzene rings is 3. The Labute approximate surface area is 263 Å². The number of nitrogens with zero attached hydrogens (tertiary/aromatic N) is 5. The first-order valence-corrected chi connectivity index (χ1v) is 14.6. The second-order valence-corrected chi connectivity index (χ2v) is 10.5. The van der Waals surface area contributed by atoms with Gasteiger partial charge in [-0.3, -0.25) is 39.6 Å². The SMILES string of the molecule is COc1cc([N+](=O)[O-])c(OS(=O)(=O)O)cc1N1N=C(C(=O)Nc2ccccc2)NN1c1cc(OS(=O)(=O)O)c([N+](=O)[O-])cc1OC.O. The Morgan fingerprint density at radius 1 is 0.830 bits per heavy atom. The van der Waals surface area contributed by atoms with E-state index in [1.807, 2.05) is 0 Å². The minimum absolute atomic E-state index is 0. The maximum Gasteiger partial charge on any atom is 0.446 e. The van der Waals surface area contributed by atoms with Gasteiger partial charge in [0.25, 0.3) is 5.91 Å². The average molecular weight is 704 g/mol. The molecule has 0 spiro atoms. The van der Waals surface area contributed by atoms with Crippen LogP contribution in [0.2, 0.25) is 0 Å². The first kappa shape index (κ1) is 35.5. The van der Waals surface area contributed by atoms with Crippen molar-refractivity contribution in [3.05, 3.63) is 74.8 Å². The molecule has 3 aromatic rings. The van der Waals surface area contributed by atoms with Crippen LogP contribution in [0.4, 0.5) is 28.4 Å². The Balaban J connectivity index is 0.00000600. The summed E-state index contributed by atoms with van der Waals surface area (Å²) in [4.78, 5) is 34.4. The molecule has 0 fully saturated rings. The molecule has 0 bridgehead atoms. The van der Waals surface area contributed by atoms with Crippen molar-refractivity contribution in [1.82, 2.24) is 5.43 Å². The number of anilines is 3. The second kappa shape index (κ2) is 13.5. The normalized spacial score (nSPS) is 12.6. The van der Waals surface area contributed by atoms with Crippen LogP contribution in [-0.2, 0) is 25.6 Å². The van der Waals surface area contributed by atoms with Crippen molar-refractivity contribution >= 4 is 61.0 Å². The van der Waals surface area contributed by atoms with E-state index in [1.165, 1.54) is 12.1 Å². The highest BCUT2D eigenvalue weighted by Gasteiger charge is 2.37. The third-order valence-electron chi connectivity index (χ3n) is 5.59. The van der Waals surface area contributed by atoms with Crippen LogP contribution in [0.1, 0.15) is 0 Å². The third kappa shape index (κ3) is 8.18. The zero-order valence-corrected chi connectivity index (χ0v) is 25.1. The number of carbonyl (C=O) groups excluding carboxylic acids is 1. The van der Waals surface area contributed by atoms with Gasteiger partial charge in [0.05, 0.1) is 36.2 Å². The fourth-order valence-corrected chi connectivity index (χ4v) is 4.53. The molecule has 0 saturated heterocycles. The van der Waals surface area contributed by atoms with E-state index >= 15 is 0 Å². The Morgan fingerprint density at radius 3 is 1.74 bits per heavy atom. The number of nitro benzene ring substituents is 2. The van der Waals surface area contributed by atoms with Crippen LogP contribution in [0, 0.1) is 20.2 Å². The number of carbonyl (C=O) groups is 1. The minimum Gasteiger partial charge on any atom is -0.494 e. The second-order valence-electron chi connectivity index (χ2n) is 8.50. The molecular weight excluding hydrogens is 682 g/mol. The summed E-state index contributed by atoms with van der Waals surface area (Å²) in [6.45, 7) is 0. The summed E-state index contributed by atoms with van der Waals surface area (Å²) in [6.07, 6.45) is 0. The summed E-state index contributed by atoms with van der Waals surface area (Å²) in [6, 6.07) is 10.7. The van der Waals surface area contributed by atoms with Crippen molar-refractivity contribution < 1.29 is 63.9 Å². The van der Waals surface area contributed by atoms with Gasteiger partial charge in [-0.05, 0) is 12.1 Å². The van der Waals surface area contributed by atoms with Crippen LogP contribution in [0.3, 0.4) is 0 Å². The van der Waals surface area contributed by atoms with E-state index in [2.05, 4.69) is 24.2 Å². The number of amidine groups is 1. The number of nitro groups is 2. The molecule has 4 rings (SSSR count). The number of rotatable bonds is 12. The maximum atomic E-state index is 13.2. The van der Waals surface area contributed by atoms with Crippen LogP contribution in [0.25, 0.3) is 0 Å². The highest BCUT2D eigenvalue weighted by atomic mass is 32.3. The molecule has 1 heterocycles. The molecule has 0 unspecified atom stereocenters. The first-order valence-electron chi connectivity index (χ1n) is 11.9. The van der Waals surface area contributed by atoms with Crippen LogP contribution in [0.15, 0.2) is 59.7 Å². The molecular formula is C22H21N7O16S2. The molecule has 3 aromatic carbocycles. The Morgan fingerprint density at radius 2 is 1.30 bits per heavy atom. The van der Waals surface area contributed by atoms with Gasteiger partial charge in [-0.2, -0.15) is 22.0 Å². The van der Waals surface area contributed by atoms with Gasteiger partial charge >= 0.3 is 32.2 Å². The van der Waals surface area contributed by atoms with Crippen LogP contribution >= 0.6 is 0 Å². The summed E-state index contributed by atoms with van der Waals surface area (Å²) in [7, 11) is -8.56. The molecule has 0 saturated carbocycles. The van der Waals surface area contributed by atoms with Gasteiger partial charge < -0.3 is 28.6 Å². The monoisotopic (exact) mass is 703 g/mol. The quantitative estimate of drug-likeness (QED) is 0.115. The largest absolute Gasteiger partial charge is 0.494 e. The molecule has 6 N–H and O–H groups in total. The molecule has 1 amide bonds. The van der Waals surface area contributed by atoms with Gasteiger partial charge in [0.1, 0.15) is 11.4 Å². The molecule has 25 heteroatoms. The molecule has 0 aromatic heterocycles. The zero-order chi connectivity index (χ0) is 34.0. The number of methoxy groups -OCH3 is 2. The van der Waals surface area contributed by atoms with Crippen LogP contribution in [-0.4, -0.2) is 67.2 Å². The van der Waals surface area contributed by atoms with Crippen molar-refractivity contribution in [2.45, 2.75) is 0 Å². The maximum absolute atomic E-state index is 13.2. The highest BCUT2D eigenvalue weighted by Crippen LogP contribution is 2.45. The molecule has 1 aliphatic heterocycles. The van der Waals surface area contributed by atoms with Crippen molar-refractivity contribution in [3.8, 4) is 23.0 Å². The topological polar surface area (TPSA) is 323 Å². The number of para-hydroxylation sites is 1. The fourth-order valence-electron chi connectivity index (χ4n) is 3.81. The Hall–Kier alpha value is -6.02. The minimum atomic E-state index is -5.34. The number of hydrazone groups is 1. The van der Waals surface area contributed by atoms with E-state index in [4.69, 9.17) is 9.47 Å². The first-order chi connectivity index (χ1) is 21.5. The van der Waals surface area contributed by atoms with E-state index in [9.17, 15) is 51.0 Å². The molecule has 0 atom stereocenters. The van der Waals surface area contributed by atoms with Gasteiger partial charge in [-0.15, -0.1) is 10.2 Å². The lowest BCUT2D eigenvalue weighted by Crippen LogP contribution is -2.47. The van der Waals surface area contributed by atoms with Gasteiger partial charge in [0.2, 0.25) is 17.3 Å². The van der Waals surface area contributed by atoms with Gasteiger partial charge in [-0.1, -0.05) is 18.2 Å². The molecule has 47 heavy (non-hydrogen) atoms. The van der Waals surface area contributed by atoms with Crippen molar-refractivity contribution in [2.24, 2.45) is 5.10 Å². The zero-order valence-electron chi connectivity index (χ0n) is 23.5. The van der Waals surface area contributed by atoms with Gasteiger partial charge in [0, 0.05) is 17.8 Å². The Bertz CT molecular complexity index is 1970. The van der Waals surface area contributed by atoms with E-state index in [0.29, 0.717) is 35.1 Å². The number of hydrazine groups is 2. The fraction of sp³-hybridized carbons (Fsp3) is 0.0909. The van der Waals surface area contributed by atoms with Crippen molar-refractivity contribution in [2.75, 3.05) is 29.8 Å². The average Bonchev–Trinajstić information content (AvgIpc) is 3.41. The van der Waals surface area contributed by atoms with Crippen molar-refractivity contribution in [3.63, 3.8) is 0 Å². The summed E-state index contributed by atoms with van der Waals surface area (Å²) in [5.41, 5.74) is -0.00564. The van der Waals surface area contributed by atoms with E-state index in [0.717, 1.165) is 19.3 Å².